The van der Waals surface area contributed by atoms with Crippen molar-refractivity contribution in [3.8, 4) is 0 Å². The maximum Gasteiger partial charge on any atom is 0.433 e. The summed E-state index contributed by atoms with van der Waals surface area (Å²) in [5.41, 5.74) is 0. The molecular formula is C11H13BrN2O4. The van der Waals surface area contributed by atoms with Gasteiger partial charge in [-0.15, -0.1) is 0 Å². The summed E-state index contributed by atoms with van der Waals surface area (Å²) in [7, 11) is 0. The number of hydrogen-bond donors (Lipinski definition) is 0. The van der Waals surface area contributed by atoms with Crippen molar-refractivity contribution in [2.45, 2.75) is 25.3 Å². The Morgan fingerprint density at radius 1 is 1.56 bits per heavy atom. The first-order chi connectivity index (χ1) is 8.63. The van der Waals surface area contributed by atoms with E-state index >= 15 is 0 Å². The summed E-state index contributed by atoms with van der Waals surface area (Å²) >= 11 is 3.39. The number of hydrogen-bond acceptors (Lipinski definition) is 4. The molecule has 1 aliphatic rings. The summed E-state index contributed by atoms with van der Waals surface area (Å²) in [6.07, 6.45) is 3.00. The van der Waals surface area contributed by atoms with Crippen molar-refractivity contribution in [2.75, 3.05) is 11.9 Å². The second kappa shape index (κ2) is 5.51. The van der Waals surface area contributed by atoms with Gasteiger partial charge in [-0.3, -0.25) is 14.9 Å². The minimum absolute atomic E-state index is 0.0366. The van der Waals surface area contributed by atoms with Crippen molar-refractivity contribution in [1.82, 2.24) is 4.90 Å². The maximum absolute atomic E-state index is 12.2. The molecular weight excluding hydrogens is 304 g/mol. The molecule has 1 saturated heterocycles. The second-order valence-corrected chi connectivity index (χ2v) is 4.84. The molecule has 1 aromatic heterocycles. The van der Waals surface area contributed by atoms with E-state index in [0.29, 0.717) is 11.9 Å². The van der Waals surface area contributed by atoms with E-state index in [-0.39, 0.29) is 17.7 Å². The zero-order valence-corrected chi connectivity index (χ0v) is 11.3. The standard InChI is InChI=1S/C11H13BrN2O4/c12-7-8-3-1-2-6-13(8)11(15)9-4-5-10(18-9)14(16)17/h4-5,8H,1-3,6-7H2. The number of amides is 1. The van der Waals surface area contributed by atoms with Gasteiger partial charge in [0, 0.05) is 17.9 Å². The Kier molecular flexibility index (Phi) is 4.00. The van der Waals surface area contributed by atoms with E-state index in [2.05, 4.69) is 15.9 Å². The Bertz CT molecular complexity index is 460. The molecule has 1 fully saturated rings. The van der Waals surface area contributed by atoms with E-state index in [1.807, 2.05) is 0 Å². The topological polar surface area (TPSA) is 76.6 Å². The van der Waals surface area contributed by atoms with Crippen molar-refractivity contribution in [3.05, 3.63) is 28.0 Å². The third kappa shape index (κ3) is 2.55. The first-order valence-electron chi connectivity index (χ1n) is 5.74. The van der Waals surface area contributed by atoms with Crippen LogP contribution in [0.2, 0.25) is 0 Å². The lowest BCUT2D eigenvalue weighted by molar-refractivity contribution is -0.402. The number of piperidine rings is 1. The fourth-order valence-electron chi connectivity index (χ4n) is 2.11. The fraction of sp³-hybridized carbons (Fsp3) is 0.545. The SMILES string of the molecule is O=C(c1ccc([N+](=O)[O-])o1)N1CCCCC1CBr. The van der Waals surface area contributed by atoms with Crippen LogP contribution in [0.4, 0.5) is 5.88 Å². The summed E-state index contributed by atoms with van der Waals surface area (Å²) in [6.45, 7) is 0.670. The number of nitrogens with zero attached hydrogens (tertiary/aromatic N) is 2. The first kappa shape index (κ1) is 13.1. The molecule has 0 aliphatic carbocycles. The van der Waals surface area contributed by atoms with Crippen LogP contribution in [0.25, 0.3) is 0 Å². The molecule has 0 radical (unpaired) electrons. The highest BCUT2D eigenvalue weighted by Crippen LogP contribution is 2.23. The monoisotopic (exact) mass is 316 g/mol. The lowest BCUT2D eigenvalue weighted by Gasteiger charge is -2.34. The number of carbonyl (C=O) groups excluding carboxylic acids is 1. The Labute approximate surface area is 112 Å². The minimum Gasteiger partial charge on any atom is -0.395 e. The van der Waals surface area contributed by atoms with Crippen molar-refractivity contribution >= 4 is 27.7 Å². The van der Waals surface area contributed by atoms with Gasteiger partial charge in [0.2, 0.25) is 0 Å². The fourth-order valence-corrected chi connectivity index (χ4v) is 2.78. The Balaban J connectivity index is 2.15. The van der Waals surface area contributed by atoms with Crippen molar-refractivity contribution in [3.63, 3.8) is 0 Å². The number of alkyl halides is 1. The molecule has 0 aromatic carbocycles. The first-order valence-corrected chi connectivity index (χ1v) is 6.87. The third-order valence-electron chi connectivity index (χ3n) is 3.05. The van der Waals surface area contributed by atoms with E-state index in [0.717, 1.165) is 19.3 Å². The molecule has 0 bridgehead atoms. The number of furan rings is 1. The summed E-state index contributed by atoms with van der Waals surface area (Å²) < 4.78 is 4.95. The van der Waals surface area contributed by atoms with Crippen molar-refractivity contribution < 1.29 is 14.1 Å². The minimum atomic E-state index is -0.644. The molecule has 2 rings (SSSR count). The number of carbonyl (C=O) groups is 1. The second-order valence-electron chi connectivity index (χ2n) is 4.20. The van der Waals surface area contributed by atoms with Gasteiger partial charge in [0.25, 0.3) is 5.91 Å². The van der Waals surface area contributed by atoms with Crippen LogP contribution in [-0.2, 0) is 0 Å². The number of halogens is 1. The summed E-state index contributed by atoms with van der Waals surface area (Å²) in [6, 6.07) is 2.70. The summed E-state index contributed by atoms with van der Waals surface area (Å²) in [5, 5.41) is 11.2. The highest BCUT2D eigenvalue weighted by atomic mass is 79.9. The zero-order chi connectivity index (χ0) is 13.1. The van der Waals surface area contributed by atoms with Crippen LogP contribution >= 0.6 is 15.9 Å². The van der Waals surface area contributed by atoms with Gasteiger partial charge < -0.3 is 9.32 Å². The summed E-state index contributed by atoms with van der Waals surface area (Å²) in [4.78, 5) is 23.8. The van der Waals surface area contributed by atoms with Crippen molar-refractivity contribution in [2.24, 2.45) is 0 Å². The molecule has 1 aliphatic heterocycles. The Morgan fingerprint density at radius 3 is 2.94 bits per heavy atom. The van der Waals surface area contributed by atoms with Gasteiger partial charge in [-0.1, -0.05) is 15.9 Å². The van der Waals surface area contributed by atoms with Crippen LogP contribution in [-0.4, -0.2) is 33.6 Å². The molecule has 1 amide bonds. The number of nitro groups is 1. The van der Waals surface area contributed by atoms with Gasteiger partial charge in [-0.05, 0) is 25.3 Å². The predicted molar refractivity (Wildman–Crippen MR) is 67.8 cm³/mol. The summed E-state index contributed by atoms with van der Waals surface area (Å²) in [5.74, 6) is -0.632. The van der Waals surface area contributed by atoms with Crippen LogP contribution in [0.3, 0.4) is 0 Å². The van der Waals surface area contributed by atoms with Gasteiger partial charge in [0.15, 0.2) is 5.76 Å². The van der Waals surface area contributed by atoms with Gasteiger partial charge >= 0.3 is 5.88 Å². The molecule has 0 spiro atoms. The quantitative estimate of drug-likeness (QED) is 0.488. The highest BCUT2D eigenvalue weighted by molar-refractivity contribution is 9.09. The third-order valence-corrected chi connectivity index (χ3v) is 3.80. The van der Waals surface area contributed by atoms with Gasteiger partial charge in [-0.25, -0.2) is 0 Å². The molecule has 98 valence electrons. The van der Waals surface area contributed by atoms with Gasteiger partial charge in [-0.2, -0.15) is 0 Å². The molecule has 1 aromatic rings. The van der Waals surface area contributed by atoms with E-state index in [4.69, 9.17) is 4.42 Å². The number of rotatable bonds is 3. The van der Waals surface area contributed by atoms with Crippen LogP contribution < -0.4 is 0 Å². The van der Waals surface area contributed by atoms with Crippen LogP contribution in [0.5, 0.6) is 0 Å². The molecule has 1 atom stereocenters. The Morgan fingerprint density at radius 2 is 2.33 bits per heavy atom. The molecule has 7 heteroatoms. The van der Waals surface area contributed by atoms with Crippen LogP contribution in [0.15, 0.2) is 16.5 Å². The molecule has 2 heterocycles. The lowest BCUT2D eigenvalue weighted by atomic mass is 10.0. The normalized spacial score (nSPS) is 19.8. The lowest BCUT2D eigenvalue weighted by Crippen LogP contribution is -2.44. The van der Waals surface area contributed by atoms with Gasteiger partial charge in [0.1, 0.15) is 4.92 Å². The van der Waals surface area contributed by atoms with E-state index in [9.17, 15) is 14.9 Å². The van der Waals surface area contributed by atoms with E-state index in [1.54, 1.807) is 4.90 Å². The zero-order valence-electron chi connectivity index (χ0n) is 9.67. The van der Waals surface area contributed by atoms with Crippen LogP contribution in [0.1, 0.15) is 29.8 Å². The van der Waals surface area contributed by atoms with Gasteiger partial charge in [0.05, 0.1) is 6.07 Å². The highest BCUT2D eigenvalue weighted by Gasteiger charge is 2.29. The average molecular weight is 317 g/mol. The van der Waals surface area contributed by atoms with E-state index in [1.165, 1.54) is 12.1 Å². The molecule has 1 unspecified atom stereocenters. The maximum atomic E-state index is 12.2. The molecule has 0 N–H and O–H groups in total. The largest absolute Gasteiger partial charge is 0.433 e. The van der Waals surface area contributed by atoms with Crippen molar-refractivity contribution in [1.29, 1.82) is 0 Å². The molecule has 18 heavy (non-hydrogen) atoms. The van der Waals surface area contributed by atoms with Crippen LogP contribution in [0, 0.1) is 10.1 Å². The van der Waals surface area contributed by atoms with E-state index < -0.39 is 10.8 Å². The number of likely N-dealkylation sites (tertiary alicyclic amines) is 1. The molecule has 6 nitrogen and oxygen atoms in total. The Hall–Kier alpha value is -1.37. The smallest absolute Gasteiger partial charge is 0.395 e. The molecule has 0 saturated carbocycles. The average Bonchev–Trinajstić information content (AvgIpc) is 2.87. The predicted octanol–water partition coefficient (Wildman–Crippen LogP) is 2.58.